The first kappa shape index (κ1) is 17.0. The summed E-state index contributed by atoms with van der Waals surface area (Å²) in [6.07, 6.45) is 1.63. The van der Waals surface area contributed by atoms with E-state index in [0.29, 0.717) is 5.92 Å². The van der Waals surface area contributed by atoms with Crippen LogP contribution in [-0.4, -0.2) is 18.6 Å². The highest BCUT2D eigenvalue weighted by Crippen LogP contribution is 2.28. The number of anilines is 1. The van der Waals surface area contributed by atoms with E-state index in [-0.39, 0.29) is 17.9 Å². The first-order valence-electron chi connectivity index (χ1n) is 7.66. The number of benzene rings is 1. The first-order valence-corrected chi connectivity index (χ1v) is 7.66. The summed E-state index contributed by atoms with van der Waals surface area (Å²) in [6, 6.07) is 5.69. The lowest BCUT2D eigenvalue weighted by Gasteiger charge is -2.33. The van der Waals surface area contributed by atoms with Gasteiger partial charge in [0.15, 0.2) is 0 Å². The van der Waals surface area contributed by atoms with E-state index in [9.17, 15) is 4.39 Å². The van der Waals surface area contributed by atoms with E-state index in [4.69, 9.17) is 5.73 Å². The summed E-state index contributed by atoms with van der Waals surface area (Å²) in [6.45, 7) is 11.5. The van der Waals surface area contributed by atoms with Crippen LogP contribution < -0.4 is 10.6 Å². The lowest BCUT2D eigenvalue weighted by Crippen LogP contribution is -2.36. The summed E-state index contributed by atoms with van der Waals surface area (Å²) in [5.41, 5.74) is 7.82. The maximum absolute atomic E-state index is 14.4. The molecular weight excluding hydrogens is 251 g/mol. The molecule has 20 heavy (non-hydrogen) atoms. The lowest BCUT2D eigenvalue weighted by molar-refractivity contribution is 0.544. The smallest absolute Gasteiger partial charge is 0.146 e. The second-order valence-electron chi connectivity index (χ2n) is 6.26. The van der Waals surface area contributed by atoms with Crippen LogP contribution in [0.3, 0.4) is 0 Å². The van der Waals surface area contributed by atoms with E-state index >= 15 is 0 Å². The average molecular weight is 280 g/mol. The molecule has 1 aromatic carbocycles. The van der Waals surface area contributed by atoms with E-state index < -0.39 is 0 Å². The highest BCUT2D eigenvalue weighted by Gasteiger charge is 2.20. The maximum Gasteiger partial charge on any atom is 0.146 e. The number of hydrogen-bond donors (Lipinski definition) is 1. The molecular formula is C17H29FN2. The Balaban J connectivity index is 3.17. The minimum absolute atomic E-state index is 0.0867. The Morgan fingerprint density at radius 3 is 2.35 bits per heavy atom. The summed E-state index contributed by atoms with van der Waals surface area (Å²) in [5.74, 6) is 0.352. The van der Waals surface area contributed by atoms with Crippen LogP contribution in [0.15, 0.2) is 18.2 Å². The molecule has 0 radical (unpaired) electrons. The van der Waals surface area contributed by atoms with Crippen LogP contribution in [0.25, 0.3) is 0 Å². The molecule has 2 nitrogen and oxygen atoms in total. The van der Waals surface area contributed by atoms with Crippen molar-refractivity contribution in [3.63, 3.8) is 0 Å². The molecule has 0 aliphatic heterocycles. The van der Waals surface area contributed by atoms with Gasteiger partial charge in [0.2, 0.25) is 0 Å². The molecule has 0 fully saturated rings. The molecule has 0 heterocycles. The van der Waals surface area contributed by atoms with Crippen molar-refractivity contribution in [3.05, 3.63) is 29.6 Å². The van der Waals surface area contributed by atoms with Crippen LogP contribution in [0, 0.1) is 11.7 Å². The Hall–Kier alpha value is -1.09. The maximum atomic E-state index is 14.4. The van der Waals surface area contributed by atoms with Gasteiger partial charge in [-0.2, -0.15) is 0 Å². The normalized spacial score (nSPS) is 13.1. The van der Waals surface area contributed by atoms with Gasteiger partial charge in [-0.05, 0) is 44.2 Å². The molecule has 1 rings (SSSR count). The van der Waals surface area contributed by atoms with Crippen LogP contribution in [0.1, 0.15) is 46.6 Å². The van der Waals surface area contributed by atoms with Gasteiger partial charge in [0.1, 0.15) is 5.82 Å². The predicted molar refractivity (Wildman–Crippen MR) is 85.7 cm³/mol. The van der Waals surface area contributed by atoms with Crippen molar-refractivity contribution in [2.24, 2.45) is 11.7 Å². The highest BCUT2D eigenvalue weighted by atomic mass is 19.1. The SMILES string of the molecule is CCC(N)Cc1cccc(F)c1N(CC(C)C)C(C)C. The Bertz CT molecular complexity index is 415. The van der Waals surface area contributed by atoms with Gasteiger partial charge in [-0.3, -0.25) is 0 Å². The van der Waals surface area contributed by atoms with Crippen molar-refractivity contribution >= 4 is 5.69 Å². The Morgan fingerprint density at radius 1 is 1.20 bits per heavy atom. The molecule has 0 spiro atoms. The number of nitrogens with two attached hydrogens (primary N) is 1. The van der Waals surface area contributed by atoms with Gasteiger partial charge in [-0.1, -0.05) is 32.9 Å². The van der Waals surface area contributed by atoms with Crippen molar-refractivity contribution in [1.29, 1.82) is 0 Å². The second-order valence-corrected chi connectivity index (χ2v) is 6.26. The minimum atomic E-state index is -0.139. The molecule has 0 aliphatic rings. The molecule has 0 saturated heterocycles. The fraction of sp³-hybridized carbons (Fsp3) is 0.647. The molecule has 1 atom stereocenters. The third-order valence-corrected chi connectivity index (χ3v) is 3.55. The van der Waals surface area contributed by atoms with E-state index in [1.165, 1.54) is 0 Å². The van der Waals surface area contributed by atoms with Gasteiger partial charge in [0, 0.05) is 18.6 Å². The van der Waals surface area contributed by atoms with Crippen LogP contribution in [0.2, 0.25) is 0 Å². The molecule has 0 aliphatic carbocycles. The number of halogens is 1. The fourth-order valence-electron chi connectivity index (χ4n) is 2.43. The van der Waals surface area contributed by atoms with Gasteiger partial charge in [-0.15, -0.1) is 0 Å². The summed E-state index contributed by atoms with van der Waals surface area (Å²) in [7, 11) is 0. The predicted octanol–water partition coefficient (Wildman–Crippen LogP) is 3.98. The van der Waals surface area contributed by atoms with Crippen LogP contribution in [-0.2, 0) is 6.42 Å². The van der Waals surface area contributed by atoms with Crippen LogP contribution in [0.4, 0.5) is 10.1 Å². The summed E-state index contributed by atoms with van der Waals surface area (Å²) in [4.78, 5) is 2.16. The molecule has 0 saturated carbocycles. The zero-order valence-electron chi connectivity index (χ0n) is 13.5. The first-order chi connectivity index (χ1) is 9.36. The number of nitrogens with zero attached hydrogens (tertiary/aromatic N) is 1. The van der Waals surface area contributed by atoms with Crippen LogP contribution >= 0.6 is 0 Å². The third-order valence-electron chi connectivity index (χ3n) is 3.55. The number of hydrogen-bond acceptors (Lipinski definition) is 2. The molecule has 114 valence electrons. The van der Waals surface area contributed by atoms with Gasteiger partial charge < -0.3 is 10.6 Å². The van der Waals surface area contributed by atoms with Crippen molar-refractivity contribution in [1.82, 2.24) is 0 Å². The van der Waals surface area contributed by atoms with Crippen LogP contribution in [0.5, 0.6) is 0 Å². The summed E-state index contributed by atoms with van der Waals surface area (Å²) in [5, 5.41) is 0. The Labute approximate surface area is 123 Å². The number of para-hydroxylation sites is 1. The van der Waals surface area contributed by atoms with E-state index in [1.54, 1.807) is 12.1 Å². The van der Waals surface area contributed by atoms with Gasteiger partial charge in [0.25, 0.3) is 0 Å². The van der Waals surface area contributed by atoms with E-state index in [1.807, 2.05) is 6.07 Å². The van der Waals surface area contributed by atoms with Crippen molar-refractivity contribution in [2.45, 2.75) is 59.5 Å². The molecule has 1 aromatic rings. The topological polar surface area (TPSA) is 29.3 Å². The monoisotopic (exact) mass is 280 g/mol. The third kappa shape index (κ3) is 4.48. The zero-order chi connectivity index (χ0) is 15.3. The van der Waals surface area contributed by atoms with Crippen molar-refractivity contribution < 1.29 is 4.39 Å². The quantitative estimate of drug-likeness (QED) is 0.818. The fourth-order valence-corrected chi connectivity index (χ4v) is 2.43. The molecule has 0 aromatic heterocycles. The second kappa shape index (κ2) is 7.63. The Morgan fingerprint density at radius 2 is 1.85 bits per heavy atom. The standard InChI is InChI=1S/C17H29FN2/c1-6-15(19)10-14-8-7-9-16(18)17(14)20(13(4)5)11-12(2)3/h7-9,12-13,15H,6,10-11,19H2,1-5H3. The lowest BCUT2D eigenvalue weighted by atomic mass is 10.0. The molecule has 0 amide bonds. The van der Waals surface area contributed by atoms with E-state index in [0.717, 1.165) is 30.6 Å². The molecule has 2 N–H and O–H groups in total. The van der Waals surface area contributed by atoms with Crippen molar-refractivity contribution in [3.8, 4) is 0 Å². The Kier molecular flexibility index (Phi) is 6.47. The van der Waals surface area contributed by atoms with Gasteiger partial charge >= 0.3 is 0 Å². The average Bonchev–Trinajstić information content (AvgIpc) is 2.36. The molecule has 0 bridgehead atoms. The number of rotatable bonds is 7. The van der Waals surface area contributed by atoms with Crippen molar-refractivity contribution in [2.75, 3.05) is 11.4 Å². The summed E-state index contributed by atoms with van der Waals surface area (Å²) >= 11 is 0. The summed E-state index contributed by atoms with van der Waals surface area (Å²) < 4.78 is 14.4. The zero-order valence-corrected chi connectivity index (χ0v) is 13.5. The molecule has 3 heteroatoms. The largest absolute Gasteiger partial charge is 0.366 e. The van der Waals surface area contributed by atoms with E-state index in [2.05, 4.69) is 39.5 Å². The minimum Gasteiger partial charge on any atom is -0.366 e. The van der Waals surface area contributed by atoms with Gasteiger partial charge in [0.05, 0.1) is 5.69 Å². The van der Waals surface area contributed by atoms with Gasteiger partial charge in [-0.25, -0.2) is 4.39 Å². The highest BCUT2D eigenvalue weighted by molar-refractivity contribution is 5.56. The molecule has 1 unspecified atom stereocenters.